The van der Waals surface area contributed by atoms with Crippen molar-refractivity contribution < 1.29 is 4.79 Å². The molecule has 1 fully saturated rings. The third-order valence-corrected chi connectivity index (χ3v) is 6.24. The first-order chi connectivity index (χ1) is 14.1. The number of likely N-dealkylation sites (N-methyl/N-ethyl adjacent to an activating group) is 1. The third kappa shape index (κ3) is 3.22. The molecule has 1 saturated heterocycles. The number of H-pyrrole nitrogens is 1. The van der Waals surface area contributed by atoms with Crippen molar-refractivity contribution >= 4 is 43.6 Å². The molecule has 4 aromatic rings. The number of aromatic amines is 1. The molecule has 1 aliphatic rings. The predicted molar refractivity (Wildman–Crippen MR) is 120 cm³/mol. The molecular formula is C23H21BrN4O. The van der Waals surface area contributed by atoms with Crippen molar-refractivity contribution in [2.45, 2.75) is 12.5 Å². The zero-order valence-electron chi connectivity index (χ0n) is 16.1. The molecule has 0 bridgehead atoms. The number of hydrogen-bond acceptors (Lipinski definition) is 3. The molecule has 1 amide bonds. The molecule has 5 rings (SSSR count). The number of hydrogen-bond donors (Lipinski definition) is 2. The van der Waals surface area contributed by atoms with E-state index in [1.807, 2.05) is 60.6 Å². The largest absolute Gasteiger partial charge is 0.360 e. The summed E-state index contributed by atoms with van der Waals surface area (Å²) in [6, 6.07) is 16.3. The van der Waals surface area contributed by atoms with Crippen molar-refractivity contribution in [2.24, 2.45) is 0 Å². The van der Waals surface area contributed by atoms with Crippen LogP contribution in [0.2, 0.25) is 0 Å². The quantitative estimate of drug-likeness (QED) is 0.482. The maximum Gasteiger partial charge on any atom is 0.254 e. The molecule has 2 aromatic carbocycles. The summed E-state index contributed by atoms with van der Waals surface area (Å²) in [5.74, 6) is 0.0728. The zero-order valence-corrected chi connectivity index (χ0v) is 17.7. The first-order valence-corrected chi connectivity index (χ1v) is 10.6. The van der Waals surface area contributed by atoms with Crippen molar-refractivity contribution in [3.63, 3.8) is 0 Å². The lowest BCUT2D eigenvalue weighted by molar-refractivity contribution is 0.0791. The van der Waals surface area contributed by atoms with Crippen LogP contribution in [0.15, 0.2) is 59.2 Å². The maximum absolute atomic E-state index is 13.4. The number of pyridine rings is 1. The highest BCUT2D eigenvalue weighted by atomic mass is 79.9. The lowest BCUT2D eigenvalue weighted by Gasteiger charge is -2.18. The molecular weight excluding hydrogens is 428 g/mol. The fourth-order valence-electron chi connectivity index (χ4n) is 4.15. The topological polar surface area (TPSA) is 61.0 Å². The minimum Gasteiger partial charge on any atom is -0.360 e. The summed E-state index contributed by atoms with van der Waals surface area (Å²) in [5, 5.41) is 5.26. The van der Waals surface area contributed by atoms with Crippen molar-refractivity contribution in [1.82, 2.24) is 20.2 Å². The van der Waals surface area contributed by atoms with Gasteiger partial charge in [-0.3, -0.25) is 4.79 Å². The monoisotopic (exact) mass is 448 g/mol. The summed E-state index contributed by atoms with van der Waals surface area (Å²) in [4.78, 5) is 23.6. The Hall–Kier alpha value is -2.70. The number of carbonyl (C=O) groups excluding carboxylic acids is 1. The molecule has 2 aromatic heterocycles. The molecule has 0 spiro atoms. The highest BCUT2D eigenvalue weighted by Gasteiger charge is 2.27. The van der Waals surface area contributed by atoms with Crippen LogP contribution >= 0.6 is 15.9 Å². The molecule has 2 N–H and O–H groups in total. The second kappa shape index (κ2) is 7.28. The number of benzene rings is 2. The van der Waals surface area contributed by atoms with Crippen LogP contribution in [-0.4, -0.2) is 47.0 Å². The number of likely N-dealkylation sites (tertiary alicyclic amines) is 1. The third-order valence-electron chi connectivity index (χ3n) is 5.75. The second-order valence-electron chi connectivity index (χ2n) is 7.49. The van der Waals surface area contributed by atoms with Gasteiger partial charge in [-0.1, -0.05) is 34.1 Å². The number of aromatic nitrogens is 2. The highest BCUT2D eigenvalue weighted by Crippen LogP contribution is 2.32. The standard InChI is InChI=1S/C23H21BrN4O/c1-25-15-8-9-28(13-15)23(29)18-11-22(27-21-5-3-2-4-16(18)21)19-12-26-20-7-6-14(24)10-17(19)20/h2-7,10-12,15,25-26H,8-9,13H2,1H3. The minimum atomic E-state index is 0.0728. The van der Waals surface area contributed by atoms with Gasteiger partial charge in [0.2, 0.25) is 0 Å². The number of rotatable bonds is 3. The molecule has 1 aliphatic heterocycles. The number of carbonyl (C=O) groups is 1. The van der Waals surface area contributed by atoms with E-state index in [-0.39, 0.29) is 5.91 Å². The SMILES string of the molecule is CNC1CCN(C(=O)c2cc(-c3c[nH]c4ccc(Br)cc34)nc3ccccc23)C1. The molecule has 1 atom stereocenters. The Morgan fingerprint density at radius 3 is 2.90 bits per heavy atom. The van der Waals surface area contributed by atoms with Crippen LogP contribution in [0.4, 0.5) is 0 Å². The molecule has 0 aliphatic carbocycles. The van der Waals surface area contributed by atoms with Gasteiger partial charge in [0.15, 0.2) is 0 Å². The number of halogens is 1. The Kier molecular flexibility index (Phi) is 4.60. The van der Waals surface area contributed by atoms with E-state index in [9.17, 15) is 4.79 Å². The van der Waals surface area contributed by atoms with Gasteiger partial charge >= 0.3 is 0 Å². The molecule has 29 heavy (non-hydrogen) atoms. The predicted octanol–water partition coefficient (Wildman–Crippen LogP) is 4.58. The molecule has 146 valence electrons. The Morgan fingerprint density at radius 2 is 2.07 bits per heavy atom. The summed E-state index contributed by atoms with van der Waals surface area (Å²) in [5.41, 5.74) is 4.40. The van der Waals surface area contributed by atoms with Crippen LogP contribution in [-0.2, 0) is 0 Å². The zero-order chi connectivity index (χ0) is 20.0. The number of nitrogens with zero attached hydrogens (tertiary/aromatic N) is 2. The summed E-state index contributed by atoms with van der Waals surface area (Å²) in [6.45, 7) is 1.51. The second-order valence-corrected chi connectivity index (χ2v) is 8.41. The fourth-order valence-corrected chi connectivity index (χ4v) is 4.51. The number of amides is 1. The van der Waals surface area contributed by atoms with E-state index in [1.54, 1.807) is 0 Å². The summed E-state index contributed by atoms with van der Waals surface area (Å²) in [6.07, 6.45) is 2.95. The van der Waals surface area contributed by atoms with Gasteiger partial charge in [0.05, 0.1) is 16.8 Å². The Balaban J connectivity index is 1.66. The first kappa shape index (κ1) is 18.3. The van der Waals surface area contributed by atoms with Crippen molar-refractivity contribution in [1.29, 1.82) is 0 Å². The van der Waals surface area contributed by atoms with E-state index in [1.165, 1.54) is 0 Å². The smallest absolute Gasteiger partial charge is 0.254 e. The Bertz CT molecular complexity index is 1230. The maximum atomic E-state index is 13.4. The Labute approximate surface area is 177 Å². The normalized spacial score (nSPS) is 16.8. The van der Waals surface area contributed by atoms with Gasteiger partial charge in [0.25, 0.3) is 5.91 Å². The van der Waals surface area contributed by atoms with Crippen LogP contribution in [0.3, 0.4) is 0 Å². The molecule has 0 saturated carbocycles. The van der Waals surface area contributed by atoms with E-state index in [0.29, 0.717) is 11.6 Å². The molecule has 5 nitrogen and oxygen atoms in total. The van der Waals surface area contributed by atoms with Crippen LogP contribution in [0.1, 0.15) is 16.8 Å². The van der Waals surface area contributed by atoms with Gasteiger partial charge in [-0.25, -0.2) is 4.98 Å². The number of para-hydroxylation sites is 1. The highest BCUT2D eigenvalue weighted by molar-refractivity contribution is 9.10. The van der Waals surface area contributed by atoms with Gasteiger partial charge in [-0.15, -0.1) is 0 Å². The molecule has 3 heterocycles. The van der Waals surface area contributed by atoms with E-state index in [0.717, 1.165) is 57.0 Å². The van der Waals surface area contributed by atoms with E-state index in [4.69, 9.17) is 4.98 Å². The minimum absolute atomic E-state index is 0.0728. The van der Waals surface area contributed by atoms with Gasteiger partial charge < -0.3 is 15.2 Å². The fraction of sp³-hybridized carbons (Fsp3) is 0.217. The van der Waals surface area contributed by atoms with Gasteiger partial charge in [0, 0.05) is 51.7 Å². The van der Waals surface area contributed by atoms with Crippen molar-refractivity contribution in [2.75, 3.05) is 20.1 Å². The molecule has 1 unspecified atom stereocenters. The Morgan fingerprint density at radius 1 is 1.21 bits per heavy atom. The summed E-state index contributed by atoms with van der Waals surface area (Å²) >= 11 is 3.56. The van der Waals surface area contributed by atoms with E-state index < -0.39 is 0 Å². The van der Waals surface area contributed by atoms with Crippen LogP contribution in [0.25, 0.3) is 33.1 Å². The molecule has 6 heteroatoms. The number of nitrogens with one attached hydrogen (secondary N) is 2. The van der Waals surface area contributed by atoms with Crippen LogP contribution < -0.4 is 5.32 Å². The van der Waals surface area contributed by atoms with Crippen molar-refractivity contribution in [3.8, 4) is 11.3 Å². The average molecular weight is 449 g/mol. The molecule has 0 radical (unpaired) electrons. The lowest BCUT2D eigenvalue weighted by Crippen LogP contribution is -2.33. The lowest BCUT2D eigenvalue weighted by atomic mass is 10.0. The van der Waals surface area contributed by atoms with Gasteiger partial charge in [-0.2, -0.15) is 0 Å². The van der Waals surface area contributed by atoms with Gasteiger partial charge in [0.1, 0.15) is 0 Å². The van der Waals surface area contributed by atoms with Crippen molar-refractivity contribution in [3.05, 3.63) is 64.8 Å². The van der Waals surface area contributed by atoms with E-state index in [2.05, 4.69) is 32.3 Å². The number of fused-ring (bicyclic) bond motifs is 2. The first-order valence-electron chi connectivity index (χ1n) is 9.77. The summed E-state index contributed by atoms with van der Waals surface area (Å²) in [7, 11) is 1.95. The van der Waals surface area contributed by atoms with Gasteiger partial charge in [-0.05, 0) is 43.8 Å². The van der Waals surface area contributed by atoms with E-state index >= 15 is 0 Å². The van der Waals surface area contributed by atoms with Crippen LogP contribution in [0.5, 0.6) is 0 Å². The average Bonchev–Trinajstić information content (AvgIpc) is 3.39. The summed E-state index contributed by atoms with van der Waals surface area (Å²) < 4.78 is 1.01. The van der Waals surface area contributed by atoms with Crippen LogP contribution in [0, 0.1) is 0 Å².